The van der Waals surface area contributed by atoms with Crippen molar-refractivity contribution in [2.45, 2.75) is 39.5 Å². The van der Waals surface area contributed by atoms with E-state index in [-0.39, 0.29) is 23.9 Å². The predicted molar refractivity (Wildman–Crippen MR) is 102 cm³/mol. The third-order valence-corrected chi connectivity index (χ3v) is 5.02. The van der Waals surface area contributed by atoms with Crippen molar-refractivity contribution >= 4 is 11.6 Å². The number of nitriles is 1. The van der Waals surface area contributed by atoms with Crippen LogP contribution in [0.1, 0.15) is 52.8 Å². The van der Waals surface area contributed by atoms with Crippen molar-refractivity contribution < 1.29 is 9.59 Å². The average molecular weight is 356 g/mol. The highest BCUT2D eigenvalue weighted by Crippen LogP contribution is 2.37. The van der Waals surface area contributed by atoms with Gasteiger partial charge in [-0.25, -0.2) is 0 Å². The first-order valence-corrected chi connectivity index (χ1v) is 8.90. The fourth-order valence-corrected chi connectivity index (χ4v) is 3.84. The van der Waals surface area contributed by atoms with E-state index in [9.17, 15) is 9.59 Å². The van der Waals surface area contributed by atoms with Crippen LogP contribution >= 0.6 is 0 Å². The second kappa shape index (κ2) is 7.56. The Morgan fingerprint density at radius 1 is 1.15 bits per heavy atom. The zero-order valence-corrected chi connectivity index (χ0v) is 15.7. The van der Waals surface area contributed by atoms with E-state index in [0.717, 1.165) is 27.9 Å². The molecular weight excluding hydrogens is 336 g/mol. The molecule has 4 nitrogen and oxygen atoms in total. The molecule has 2 atom stereocenters. The Morgan fingerprint density at radius 3 is 2.41 bits per heavy atom. The molecule has 0 spiro atoms. The van der Waals surface area contributed by atoms with Crippen LogP contribution in [0.3, 0.4) is 0 Å². The third-order valence-electron chi connectivity index (χ3n) is 5.02. The number of rotatable bonds is 3. The molecule has 0 radical (unpaired) electrons. The van der Waals surface area contributed by atoms with E-state index in [0.29, 0.717) is 12.0 Å². The van der Waals surface area contributed by atoms with Gasteiger partial charge in [0.25, 0.3) is 0 Å². The Labute approximate surface area is 159 Å². The summed E-state index contributed by atoms with van der Waals surface area (Å²) in [5, 5.41) is 8.86. The van der Waals surface area contributed by atoms with E-state index in [1.807, 2.05) is 32.0 Å². The molecule has 1 saturated carbocycles. The minimum absolute atomic E-state index is 0.0285. The van der Waals surface area contributed by atoms with Crippen LogP contribution in [-0.2, 0) is 16.0 Å². The fourth-order valence-electron chi connectivity index (χ4n) is 3.84. The van der Waals surface area contributed by atoms with Crippen LogP contribution in [0.25, 0.3) is 0 Å². The summed E-state index contributed by atoms with van der Waals surface area (Å²) in [6, 6.07) is 9.34. The molecular formula is C23H20N2O2. The van der Waals surface area contributed by atoms with Crippen LogP contribution in [0, 0.1) is 42.9 Å². The van der Waals surface area contributed by atoms with Crippen molar-refractivity contribution in [1.29, 1.82) is 5.26 Å². The number of Topliss-reactive ketones (excluding diaryl/α,β-unsaturated/α-hetero) is 2. The maximum atomic E-state index is 13.0. The first-order chi connectivity index (χ1) is 12.9. The standard InChI is InChI=1S/C23H20N2O2/c1-4-5-16-8-14(2)21(15(3)9-16)22-20(26)11-18(23(22)27)10-19-7-6-17(12-24)13-25-19/h6-9,13,18,22H,10-11H2,1-3H3/t18-,22?/m1/s1. The summed E-state index contributed by atoms with van der Waals surface area (Å²) in [6.07, 6.45) is 2.15. The van der Waals surface area contributed by atoms with Gasteiger partial charge in [0.05, 0.1) is 5.56 Å². The number of aryl methyl sites for hydroxylation is 2. The SMILES string of the molecule is CC#Cc1cc(C)c(C2C(=O)C[C@@H](Cc3ccc(C#N)cn3)C2=O)c(C)c1. The summed E-state index contributed by atoms with van der Waals surface area (Å²) in [5.41, 5.74) is 4.78. The van der Waals surface area contributed by atoms with Gasteiger partial charge in [-0.1, -0.05) is 5.92 Å². The molecule has 27 heavy (non-hydrogen) atoms. The van der Waals surface area contributed by atoms with E-state index in [4.69, 9.17) is 5.26 Å². The smallest absolute Gasteiger partial charge is 0.151 e. The number of pyridine rings is 1. The molecule has 0 N–H and O–H groups in total. The van der Waals surface area contributed by atoms with Crippen molar-refractivity contribution in [2.75, 3.05) is 0 Å². The maximum Gasteiger partial charge on any atom is 0.151 e. The fraction of sp³-hybridized carbons (Fsp3) is 0.304. The molecule has 4 heteroatoms. The maximum absolute atomic E-state index is 13.0. The van der Waals surface area contributed by atoms with Gasteiger partial charge < -0.3 is 0 Å². The lowest BCUT2D eigenvalue weighted by Crippen LogP contribution is -2.19. The van der Waals surface area contributed by atoms with Gasteiger partial charge in [0, 0.05) is 29.8 Å². The molecule has 134 valence electrons. The van der Waals surface area contributed by atoms with Gasteiger partial charge in [0.15, 0.2) is 5.78 Å². The molecule has 3 rings (SSSR count). The minimum Gasteiger partial charge on any atom is -0.298 e. The first kappa shape index (κ1) is 18.5. The number of carbonyl (C=O) groups is 2. The molecule has 0 bridgehead atoms. The van der Waals surface area contributed by atoms with E-state index in [1.54, 1.807) is 19.1 Å². The summed E-state index contributed by atoms with van der Waals surface area (Å²) < 4.78 is 0. The third kappa shape index (κ3) is 3.66. The van der Waals surface area contributed by atoms with Gasteiger partial charge in [-0.2, -0.15) is 5.26 Å². The number of nitrogens with zero attached hydrogens (tertiary/aromatic N) is 2. The molecule has 2 aromatic rings. The van der Waals surface area contributed by atoms with Crippen molar-refractivity contribution in [2.24, 2.45) is 5.92 Å². The highest BCUT2D eigenvalue weighted by atomic mass is 16.2. The number of benzene rings is 1. The van der Waals surface area contributed by atoms with Crippen LogP contribution in [-0.4, -0.2) is 16.6 Å². The van der Waals surface area contributed by atoms with Gasteiger partial charge in [-0.3, -0.25) is 14.6 Å². The lowest BCUT2D eigenvalue weighted by atomic mass is 9.86. The number of aromatic nitrogens is 1. The molecule has 0 saturated heterocycles. The van der Waals surface area contributed by atoms with Gasteiger partial charge >= 0.3 is 0 Å². The Kier molecular flexibility index (Phi) is 5.19. The van der Waals surface area contributed by atoms with Crippen LogP contribution in [0.5, 0.6) is 0 Å². The Balaban J connectivity index is 1.88. The molecule has 0 aliphatic heterocycles. The quantitative estimate of drug-likeness (QED) is 0.624. The zero-order valence-electron chi connectivity index (χ0n) is 15.7. The number of ketones is 2. The summed E-state index contributed by atoms with van der Waals surface area (Å²) in [7, 11) is 0. The van der Waals surface area contributed by atoms with Gasteiger partial charge in [-0.05, 0) is 68.1 Å². The van der Waals surface area contributed by atoms with Crippen molar-refractivity contribution in [3.63, 3.8) is 0 Å². The zero-order chi connectivity index (χ0) is 19.6. The van der Waals surface area contributed by atoms with E-state index >= 15 is 0 Å². The topological polar surface area (TPSA) is 70.8 Å². The van der Waals surface area contributed by atoms with Crippen LogP contribution in [0.2, 0.25) is 0 Å². The summed E-state index contributed by atoms with van der Waals surface area (Å²) in [4.78, 5) is 30.0. The van der Waals surface area contributed by atoms with Gasteiger partial charge in [-0.15, -0.1) is 5.92 Å². The van der Waals surface area contributed by atoms with E-state index in [2.05, 4.69) is 16.8 Å². The molecule has 1 aliphatic rings. The first-order valence-electron chi connectivity index (χ1n) is 8.90. The summed E-state index contributed by atoms with van der Waals surface area (Å²) in [6.45, 7) is 5.64. The molecule has 1 aromatic heterocycles. The van der Waals surface area contributed by atoms with E-state index in [1.165, 1.54) is 6.20 Å². The number of hydrogen-bond acceptors (Lipinski definition) is 4. The summed E-state index contributed by atoms with van der Waals surface area (Å²) >= 11 is 0. The largest absolute Gasteiger partial charge is 0.298 e. The normalized spacial score (nSPS) is 18.7. The van der Waals surface area contributed by atoms with Crippen molar-refractivity contribution in [3.05, 3.63) is 64.0 Å². The predicted octanol–water partition coefficient (Wildman–Crippen LogP) is 3.43. The second-order valence-corrected chi connectivity index (χ2v) is 6.96. The van der Waals surface area contributed by atoms with E-state index < -0.39 is 5.92 Å². The lowest BCUT2D eigenvalue weighted by Gasteiger charge is -2.16. The van der Waals surface area contributed by atoms with Crippen LogP contribution in [0.4, 0.5) is 0 Å². The van der Waals surface area contributed by atoms with Crippen LogP contribution in [0.15, 0.2) is 30.5 Å². The lowest BCUT2D eigenvalue weighted by molar-refractivity contribution is -0.124. The van der Waals surface area contributed by atoms with Gasteiger partial charge in [0.1, 0.15) is 17.8 Å². The minimum atomic E-state index is -0.697. The molecule has 1 fully saturated rings. The van der Waals surface area contributed by atoms with Crippen molar-refractivity contribution in [1.82, 2.24) is 4.98 Å². The highest BCUT2D eigenvalue weighted by molar-refractivity contribution is 6.15. The Hall–Kier alpha value is -3.24. The number of carbonyl (C=O) groups excluding carboxylic acids is 2. The Bertz CT molecular complexity index is 994. The molecule has 1 aromatic carbocycles. The number of hydrogen-bond donors (Lipinski definition) is 0. The molecule has 0 amide bonds. The molecule has 1 heterocycles. The van der Waals surface area contributed by atoms with Crippen molar-refractivity contribution in [3.8, 4) is 17.9 Å². The highest BCUT2D eigenvalue weighted by Gasteiger charge is 2.43. The average Bonchev–Trinajstić information content (AvgIpc) is 2.90. The van der Waals surface area contributed by atoms with Crippen LogP contribution < -0.4 is 0 Å². The second-order valence-electron chi connectivity index (χ2n) is 6.96. The molecule has 1 unspecified atom stereocenters. The Morgan fingerprint density at radius 2 is 1.85 bits per heavy atom. The molecule has 1 aliphatic carbocycles. The monoisotopic (exact) mass is 356 g/mol. The summed E-state index contributed by atoms with van der Waals surface area (Å²) in [5.74, 6) is 4.78. The van der Waals surface area contributed by atoms with Gasteiger partial charge in [0.2, 0.25) is 0 Å².